The summed E-state index contributed by atoms with van der Waals surface area (Å²) in [7, 11) is 0. The van der Waals surface area contributed by atoms with Crippen molar-refractivity contribution in [2.45, 2.75) is 38.6 Å². The number of hydrogen-bond donors (Lipinski definition) is 1. The lowest BCUT2D eigenvalue weighted by Gasteiger charge is -2.23. The second kappa shape index (κ2) is 5.58. The number of carboxylic acid groups (broad SMARTS) is 1. The van der Waals surface area contributed by atoms with Gasteiger partial charge in [0.1, 0.15) is 0 Å². The maximum atomic E-state index is 10.6. The summed E-state index contributed by atoms with van der Waals surface area (Å²) in [5, 5.41) is 13.1. The summed E-state index contributed by atoms with van der Waals surface area (Å²) in [5.74, 6) is 1.63. The zero-order valence-electron chi connectivity index (χ0n) is 10.1. The van der Waals surface area contributed by atoms with E-state index in [2.05, 4.69) is 9.78 Å². The summed E-state index contributed by atoms with van der Waals surface area (Å²) in [6.45, 7) is 2.05. The van der Waals surface area contributed by atoms with E-state index in [4.69, 9.17) is 5.11 Å². The molecule has 0 aliphatic carbocycles. The van der Waals surface area contributed by atoms with Gasteiger partial charge >= 0.3 is 5.97 Å². The van der Waals surface area contributed by atoms with E-state index < -0.39 is 5.97 Å². The molecule has 1 aromatic rings. The Morgan fingerprint density at radius 3 is 3.18 bits per heavy atom. The van der Waals surface area contributed by atoms with E-state index >= 15 is 0 Å². The highest BCUT2D eigenvalue weighted by Crippen LogP contribution is 2.28. The van der Waals surface area contributed by atoms with Gasteiger partial charge in [-0.25, -0.2) is 0 Å². The van der Waals surface area contributed by atoms with Gasteiger partial charge in [0.25, 0.3) is 0 Å². The fourth-order valence-corrected chi connectivity index (χ4v) is 3.35. The highest BCUT2D eigenvalue weighted by molar-refractivity contribution is 7.99. The molecule has 0 bridgehead atoms. The van der Waals surface area contributed by atoms with Gasteiger partial charge in [-0.2, -0.15) is 16.9 Å². The van der Waals surface area contributed by atoms with Crippen molar-refractivity contribution in [1.82, 2.24) is 9.78 Å². The Bertz CT molecular complexity index is 397. The average Bonchev–Trinajstić information content (AvgIpc) is 2.69. The second-order valence-electron chi connectivity index (χ2n) is 4.46. The highest BCUT2D eigenvalue weighted by atomic mass is 32.2. The van der Waals surface area contributed by atoms with Crippen molar-refractivity contribution in [2.75, 3.05) is 11.5 Å². The molecule has 0 radical (unpaired) electrons. The molecule has 0 spiro atoms. The average molecular weight is 254 g/mol. The van der Waals surface area contributed by atoms with Crippen LogP contribution in [0.2, 0.25) is 0 Å². The summed E-state index contributed by atoms with van der Waals surface area (Å²) in [6.07, 6.45) is 5.04. The fraction of sp³-hybridized carbons (Fsp3) is 0.667. The SMILES string of the molecule is Cc1c(CCC(=O)O)cnn1C1CCCSC1. The van der Waals surface area contributed by atoms with Crippen LogP contribution in [0.3, 0.4) is 0 Å². The first kappa shape index (κ1) is 12.5. The van der Waals surface area contributed by atoms with Gasteiger partial charge in [-0.3, -0.25) is 9.48 Å². The van der Waals surface area contributed by atoms with Crippen LogP contribution in [0.1, 0.15) is 36.6 Å². The first-order chi connectivity index (χ1) is 8.18. The number of carbonyl (C=O) groups is 1. The Morgan fingerprint density at radius 2 is 2.53 bits per heavy atom. The molecule has 1 N–H and O–H groups in total. The number of aryl methyl sites for hydroxylation is 1. The van der Waals surface area contributed by atoms with Crippen molar-refractivity contribution in [2.24, 2.45) is 0 Å². The Balaban J connectivity index is 2.05. The Hall–Kier alpha value is -0.970. The van der Waals surface area contributed by atoms with Gasteiger partial charge in [-0.05, 0) is 37.5 Å². The first-order valence-electron chi connectivity index (χ1n) is 6.01. The molecule has 2 rings (SSSR count). The fourth-order valence-electron chi connectivity index (χ4n) is 2.23. The lowest BCUT2D eigenvalue weighted by Crippen LogP contribution is -2.18. The van der Waals surface area contributed by atoms with E-state index in [1.165, 1.54) is 18.6 Å². The molecule has 0 saturated carbocycles. The molecule has 1 fully saturated rings. The molecule has 94 valence electrons. The van der Waals surface area contributed by atoms with Crippen LogP contribution in [0.5, 0.6) is 0 Å². The molecule has 1 unspecified atom stereocenters. The standard InChI is InChI=1S/C12H18N2O2S/c1-9-10(4-5-12(15)16)7-13-14(9)11-3-2-6-17-8-11/h7,11H,2-6,8H2,1H3,(H,15,16). The highest BCUT2D eigenvalue weighted by Gasteiger charge is 2.19. The lowest BCUT2D eigenvalue weighted by molar-refractivity contribution is -0.136. The van der Waals surface area contributed by atoms with Crippen LogP contribution < -0.4 is 0 Å². The molecule has 4 nitrogen and oxygen atoms in total. The van der Waals surface area contributed by atoms with Gasteiger partial charge in [0.2, 0.25) is 0 Å². The van der Waals surface area contributed by atoms with E-state index in [1.807, 2.05) is 24.9 Å². The van der Waals surface area contributed by atoms with Gasteiger partial charge < -0.3 is 5.11 Å². The second-order valence-corrected chi connectivity index (χ2v) is 5.61. The molecule has 2 heterocycles. The van der Waals surface area contributed by atoms with Gasteiger partial charge in [0.05, 0.1) is 12.2 Å². The van der Waals surface area contributed by atoms with Crippen molar-refractivity contribution in [3.05, 3.63) is 17.5 Å². The third kappa shape index (κ3) is 3.03. The molecular formula is C12H18N2O2S. The third-order valence-corrected chi connectivity index (χ3v) is 4.43. The molecule has 1 aromatic heterocycles. The largest absolute Gasteiger partial charge is 0.481 e. The zero-order valence-corrected chi connectivity index (χ0v) is 10.9. The Labute approximate surface area is 105 Å². The van der Waals surface area contributed by atoms with Crippen LogP contribution in [0.4, 0.5) is 0 Å². The minimum absolute atomic E-state index is 0.186. The predicted molar refractivity (Wildman–Crippen MR) is 68.5 cm³/mol. The topological polar surface area (TPSA) is 55.1 Å². The minimum atomic E-state index is -0.745. The maximum Gasteiger partial charge on any atom is 0.303 e. The molecule has 1 saturated heterocycles. The van der Waals surface area contributed by atoms with E-state index in [1.54, 1.807) is 0 Å². The van der Waals surface area contributed by atoms with E-state index in [9.17, 15) is 4.79 Å². The normalized spacial score (nSPS) is 20.4. The molecule has 1 aliphatic rings. The van der Waals surface area contributed by atoms with Crippen molar-refractivity contribution in [3.8, 4) is 0 Å². The lowest BCUT2D eigenvalue weighted by atomic mass is 10.1. The smallest absolute Gasteiger partial charge is 0.303 e. The number of carboxylic acids is 1. The number of thioether (sulfide) groups is 1. The molecule has 1 atom stereocenters. The van der Waals surface area contributed by atoms with Gasteiger partial charge in [0, 0.05) is 17.9 Å². The predicted octanol–water partition coefficient (Wildman–Crippen LogP) is 2.28. The monoisotopic (exact) mass is 254 g/mol. The van der Waals surface area contributed by atoms with Crippen LogP contribution in [0.25, 0.3) is 0 Å². The van der Waals surface area contributed by atoms with Gasteiger partial charge in [0.15, 0.2) is 0 Å². The zero-order chi connectivity index (χ0) is 12.3. The summed E-state index contributed by atoms with van der Waals surface area (Å²) in [6, 6.07) is 0.493. The number of aromatic nitrogens is 2. The summed E-state index contributed by atoms with van der Waals surface area (Å²) in [4.78, 5) is 10.6. The molecule has 0 aromatic carbocycles. The molecule has 0 amide bonds. The van der Waals surface area contributed by atoms with Crippen LogP contribution >= 0.6 is 11.8 Å². The van der Waals surface area contributed by atoms with Gasteiger partial charge in [-0.15, -0.1) is 0 Å². The van der Waals surface area contributed by atoms with Crippen molar-refractivity contribution >= 4 is 17.7 Å². The van der Waals surface area contributed by atoms with Crippen molar-refractivity contribution in [3.63, 3.8) is 0 Å². The van der Waals surface area contributed by atoms with Gasteiger partial charge in [-0.1, -0.05) is 0 Å². The minimum Gasteiger partial charge on any atom is -0.481 e. The first-order valence-corrected chi connectivity index (χ1v) is 7.16. The maximum absolute atomic E-state index is 10.6. The van der Waals surface area contributed by atoms with Crippen molar-refractivity contribution in [1.29, 1.82) is 0 Å². The number of rotatable bonds is 4. The summed E-state index contributed by atoms with van der Waals surface area (Å²) < 4.78 is 2.09. The molecule has 5 heteroatoms. The molecule has 1 aliphatic heterocycles. The number of nitrogens with zero attached hydrogens (tertiary/aromatic N) is 2. The van der Waals surface area contributed by atoms with Crippen LogP contribution in [-0.2, 0) is 11.2 Å². The number of aliphatic carboxylic acids is 1. The van der Waals surface area contributed by atoms with Crippen LogP contribution in [0, 0.1) is 6.92 Å². The van der Waals surface area contributed by atoms with Crippen LogP contribution in [0.15, 0.2) is 6.20 Å². The summed E-state index contributed by atoms with van der Waals surface area (Å²) in [5.41, 5.74) is 2.21. The molecular weight excluding hydrogens is 236 g/mol. The Morgan fingerprint density at radius 1 is 1.71 bits per heavy atom. The molecule has 17 heavy (non-hydrogen) atoms. The quantitative estimate of drug-likeness (QED) is 0.895. The van der Waals surface area contributed by atoms with Crippen molar-refractivity contribution < 1.29 is 9.90 Å². The summed E-state index contributed by atoms with van der Waals surface area (Å²) >= 11 is 1.98. The number of hydrogen-bond acceptors (Lipinski definition) is 3. The van der Waals surface area contributed by atoms with E-state index in [-0.39, 0.29) is 6.42 Å². The third-order valence-electron chi connectivity index (χ3n) is 3.24. The Kier molecular flexibility index (Phi) is 4.10. The van der Waals surface area contributed by atoms with E-state index in [0.717, 1.165) is 17.0 Å². The van der Waals surface area contributed by atoms with E-state index in [0.29, 0.717) is 12.5 Å². The van der Waals surface area contributed by atoms with Crippen LogP contribution in [-0.4, -0.2) is 32.4 Å².